The van der Waals surface area contributed by atoms with Crippen LogP contribution in [0.25, 0.3) is 0 Å². The van der Waals surface area contributed by atoms with E-state index in [1.54, 1.807) is 27.7 Å². The van der Waals surface area contributed by atoms with Gasteiger partial charge in [-0.3, -0.25) is 28.8 Å². The zero-order valence-corrected chi connectivity index (χ0v) is 21.4. The van der Waals surface area contributed by atoms with Crippen LogP contribution < -0.4 is 32.7 Å². The van der Waals surface area contributed by atoms with Crippen LogP contribution in [0.2, 0.25) is 0 Å². The van der Waals surface area contributed by atoms with E-state index in [0.717, 1.165) is 0 Å². The molecule has 0 heterocycles. The van der Waals surface area contributed by atoms with Crippen molar-refractivity contribution < 1.29 is 43.8 Å². The Morgan fingerprint density at radius 2 is 1.35 bits per heavy atom. The lowest BCUT2D eigenvalue weighted by atomic mass is 10.0. The lowest BCUT2D eigenvalue weighted by Crippen LogP contribution is -2.56. The van der Waals surface area contributed by atoms with Gasteiger partial charge < -0.3 is 42.9 Å². The molecule has 0 aliphatic carbocycles. The maximum absolute atomic E-state index is 12.6. The molecule has 0 aliphatic heterocycles. The maximum Gasteiger partial charge on any atom is 0.326 e. The van der Waals surface area contributed by atoms with E-state index in [2.05, 4.69) is 21.3 Å². The van der Waals surface area contributed by atoms with Crippen molar-refractivity contribution in [3.05, 3.63) is 0 Å². The van der Waals surface area contributed by atoms with Gasteiger partial charge in [0.1, 0.15) is 18.1 Å². The molecule has 0 spiro atoms. The van der Waals surface area contributed by atoms with Crippen molar-refractivity contribution in [1.29, 1.82) is 0 Å². The Hall–Kier alpha value is -3.75. The number of carboxylic acid groups (broad SMARTS) is 2. The fourth-order valence-corrected chi connectivity index (χ4v) is 3.02. The van der Waals surface area contributed by atoms with Gasteiger partial charge >= 0.3 is 11.9 Å². The number of nitrogens with two attached hydrogens (primary N) is 2. The largest absolute Gasteiger partial charge is 0.481 e. The van der Waals surface area contributed by atoms with E-state index in [1.165, 1.54) is 0 Å². The van der Waals surface area contributed by atoms with Crippen LogP contribution in [0.4, 0.5) is 0 Å². The summed E-state index contributed by atoms with van der Waals surface area (Å²) >= 11 is 0. The second-order valence-electron chi connectivity index (χ2n) is 9.30. The monoisotopic (exact) mass is 530 g/mol. The Morgan fingerprint density at radius 1 is 0.784 bits per heavy atom. The maximum atomic E-state index is 12.6. The van der Waals surface area contributed by atoms with Crippen LogP contribution in [-0.2, 0) is 33.6 Å². The zero-order chi connectivity index (χ0) is 28.9. The SMILES string of the molecule is CC(C)C[C@H](NC(=O)[C@H](CC(N)=O)NC(=O)CNC(=O)[C@H](CCC(=O)O)NC(=O)[C@@H](N)C(C)C)C(=O)O. The van der Waals surface area contributed by atoms with E-state index < -0.39 is 85.0 Å². The molecule has 4 atom stereocenters. The second-order valence-corrected chi connectivity index (χ2v) is 9.30. The van der Waals surface area contributed by atoms with Crippen molar-refractivity contribution in [1.82, 2.24) is 21.3 Å². The van der Waals surface area contributed by atoms with Crippen molar-refractivity contribution >= 4 is 41.5 Å². The standard InChI is InChI=1S/C22H38N6O9/c1-10(2)7-14(22(36)37)28-20(34)13(8-15(23)29)26-16(30)9-25-19(33)12(5-6-17(31)32)27-21(35)18(24)11(3)4/h10-14,18H,5-9,24H2,1-4H3,(H2,23,29)(H,25,33)(H,26,30)(H,27,35)(H,28,34)(H,31,32)(H,36,37)/t12-,13-,14-,18-/m0/s1. The molecule has 0 saturated carbocycles. The van der Waals surface area contributed by atoms with Crippen LogP contribution in [0.15, 0.2) is 0 Å². The molecule has 0 fully saturated rings. The fraction of sp³-hybridized carbons (Fsp3) is 0.682. The molecular weight excluding hydrogens is 492 g/mol. The lowest BCUT2D eigenvalue weighted by molar-refractivity contribution is -0.143. The molecular formula is C22H38N6O9. The van der Waals surface area contributed by atoms with Gasteiger partial charge in [-0.2, -0.15) is 0 Å². The van der Waals surface area contributed by atoms with E-state index >= 15 is 0 Å². The molecule has 15 heteroatoms. The smallest absolute Gasteiger partial charge is 0.326 e. The molecule has 37 heavy (non-hydrogen) atoms. The third-order valence-electron chi connectivity index (χ3n) is 5.10. The minimum atomic E-state index is -1.51. The lowest BCUT2D eigenvalue weighted by Gasteiger charge is -2.23. The van der Waals surface area contributed by atoms with E-state index in [9.17, 15) is 38.7 Å². The molecule has 15 nitrogen and oxygen atoms in total. The van der Waals surface area contributed by atoms with Gasteiger partial charge in [-0.25, -0.2) is 4.79 Å². The van der Waals surface area contributed by atoms with Gasteiger partial charge in [0, 0.05) is 6.42 Å². The summed E-state index contributed by atoms with van der Waals surface area (Å²) in [7, 11) is 0. The summed E-state index contributed by atoms with van der Waals surface area (Å²) in [6.45, 7) is 6.15. The first-order chi connectivity index (χ1) is 17.0. The highest BCUT2D eigenvalue weighted by Gasteiger charge is 2.29. The Kier molecular flexibility index (Phi) is 14.5. The second kappa shape index (κ2) is 16.1. The summed E-state index contributed by atoms with van der Waals surface area (Å²) in [6, 6.07) is -5.04. The first-order valence-corrected chi connectivity index (χ1v) is 11.7. The number of nitrogens with one attached hydrogen (secondary N) is 4. The summed E-state index contributed by atoms with van der Waals surface area (Å²) in [5, 5.41) is 27.2. The topological polar surface area (TPSA) is 260 Å². The van der Waals surface area contributed by atoms with Crippen molar-refractivity contribution in [3.63, 3.8) is 0 Å². The highest BCUT2D eigenvalue weighted by atomic mass is 16.4. The van der Waals surface area contributed by atoms with Crippen molar-refractivity contribution in [2.24, 2.45) is 23.3 Å². The minimum Gasteiger partial charge on any atom is -0.481 e. The molecule has 5 amide bonds. The molecule has 0 saturated heterocycles. The Balaban J connectivity index is 5.28. The third kappa shape index (κ3) is 13.8. The Bertz CT molecular complexity index is 862. The number of carbonyl (C=O) groups is 7. The van der Waals surface area contributed by atoms with Crippen LogP contribution in [0.3, 0.4) is 0 Å². The molecule has 0 aromatic heterocycles. The fourth-order valence-electron chi connectivity index (χ4n) is 3.02. The van der Waals surface area contributed by atoms with E-state index in [0.29, 0.717) is 0 Å². The molecule has 10 N–H and O–H groups in total. The van der Waals surface area contributed by atoms with Crippen molar-refractivity contribution in [3.8, 4) is 0 Å². The average Bonchev–Trinajstić information content (AvgIpc) is 2.77. The minimum absolute atomic E-state index is 0.0783. The summed E-state index contributed by atoms with van der Waals surface area (Å²) in [5.41, 5.74) is 10.9. The van der Waals surface area contributed by atoms with Gasteiger partial charge in [0.25, 0.3) is 0 Å². The summed E-state index contributed by atoms with van der Waals surface area (Å²) in [4.78, 5) is 83.4. The third-order valence-corrected chi connectivity index (χ3v) is 5.10. The molecule has 0 radical (unpaired) electrons. The molecule has 0 bridgehead atoms. The molecule has 0 rings (SSSR count). The number of primary amides is 1. The van der Waals surface area contributed by atoms with Crippen LogP contribution in [0.5, 0.6) is 0 Å². The predicted octanol–water partition coefficient (Wildman–Crippen LogP) is -2.59. The number of amides is 5. The Morgan fingerprint density at radius 3 is 1.81 bits per heavy atom. The first kappa shape index (κ1) is 33.2. The summed E-state index contributed by atoms with van der Waals surface area (Å²) in [5.74, 6) is -7.24. The molecule has 0 aromatic carbocycles. The number of hydrogen-bond acceptors (Lipinski definition) is 8. The van der Waals surface area contributed by atoms with E-state index in [1.807, 2.05) is 0 Å². The number of carboxylic acids is 2. The van der Waals surface area contributed by atoms with Crippen LogP contribution >= 0.6 is 0 Å². The molecule has 0 unspecified atom stereocenters. The van der Waals surface area contributed by atoms with Crippen molar-refractivity contribution in [2.45, 2.75) is 77.5 Å². The normalized spacial score (nSPS) is 14.1. The summed E-state index contributed by atoms with van der Waals surface area (Å²) in [6.07, 6.45) is -1.27. The van der Waals surface area contributed by atoms with Gasteiger partial charge in [-0.15, -0.1) is 0 Å². The van der Waals surface area contributed by atoms with E-state index in [4.69, 9.17) is 16.6 Å². The van der Waals surface area contributed by atoms with E-state index in [-0.39, 0.29) is 24.7 Å². The molecule has 210 valence electrons. The van der Waals surface area contributed by atoms with Gasteiger partial charge in [0.2, 0.25) is 29.5 Å². The quantitative estimate of drug-likeness (QED) is 0.0972. The van der Waals surface area contributed by atoms with Crippen LogP contribution in [0.1, 0.15) is 53.4 Å². The number of carbonyl (C=O) groups excluding carboxylic acids is 5. The zero-order valence-electron chi connectivity index (χ0n) is 21.4. The van der Waals surface area contributed by atoms with Crippen LogP contribution in [-0.4, -0.2) is 82.4 Å². The predicted molar refractivity (Wildman–Crippen MR) is 129 cm³/mol. The average molecular weight is 531 g/mol. The number of hydrogen-bond donors (Lipinski definition) is 8. The van der Waals surface area contributed by atoms with Gasteiger partial charge in [-0.05, 0) is 24.7 Å². The highest BCUT2D eigenvalue weighted by Crippen LogP contribution is 2.06. The van der Waals surface area contributed by atoms with Crippen molar-refractivity contribution in [2.75, 3.05) is 6.54 Å². The molecule has 0 aromatic rings. The molecule has 0 aliphatic rings. The number of rotatable bonds is 17. The highest BCUT2D eigenvalue weighted by molar-refractivity contribution is 5.95. The van der Waals surface area contributed by atoms with Gasteiger partial charge in [0.15, 0.2) is 0 Å². The first-order valence-electron chi connectivity index (χ1n) is 11.7. The van der Waals surface area contributed by atoms with Crippen LogP contribution in [0, 0.1) is 11.8 Å². The van der Waals surface area contributed by atoms with Gasteiger partial charge in [-0.1, -0.05) is 27.7 Å². The Labute approximate surface area is 214 Å². The van der Waals surface area contributed by atoms with Gasteiger partial charge in [0.05, 0.1) is 19.0 Å². The summed E-state index contributed by atoms with van der Waals surface area (Å²) < 4.78 is 0. The number of aliphatic carboxylic acids is 2.